The zero-order valence-corrected chi connectivity index (χ0v) is 16.6. The predicted octanol–water partition coefficient (Wildman–Crippen LogP) is 5.23. The molecule has 1 amide bonds. The molecule has 0 bridgehead atoms. The second kappa shape index (κ2) is 6.77. The maximum Gasteiger partial charge on any atom is 0.255 e. The van der Waals surface area contributed by atoms with Crippen LogP contribution in [-0.2, 0) is 0 Å². The molecule has 2 aromatic carbocycles. The molecule has 3 unspecified atom stereocenters. The van der Waals surface area contributed by atoms with E-state index in [0.29, 0.717) is 16.1 Å². The van der Waals surface area contributed by atoms with E-state index in [1.165, 1.54) is 6.07 Å². The maximum atomic E-state index is 12.7. The molecule has 0 spiro atoms. The Morgan fingerprint density at radius 2 is 2.00 bits per heavy atom. The van der Waals surface area contributed by atoms with E-state index in [0.717, 1.165) is 17.7 Å². The molecular weight excluding hydrogens is 383 g/mol. The summed E-state index contributed by atoms with van der Waals surface area (Å²) in [5.74, 6) is 0.344. The van der Waals surface area contributed by atoms with Crippen molar-refractivity contribution in [2.75, 3.05) is 19.4 Å². The third-order valence-corrected chi connectivity index (χ3v) is 5.93. The monoisotopic (exact) mass is 402 g/mol. The lowest BCUT2D eigenvalue weighted by Crippen LogP contribution is -2.32. The highest BCUT2D eigenvalue weighted by molar-refractivity contribution is 6.35. The molecule has 4 nitrogen and oxygen atoms in total. The molecule has 27 heavy (non-hydrogen) atoms. The minimum absolute atomic E-state index is 0.0316. The Morgan fingerprint density at radius 1 is 1.22 bits per heavy atom. The lowest BCUT2D eigenvalue weighted by molar-refractivity contribution is 0.0828. The molecule has 1 heterocycles. The van der Waals surface area contributed by atoms with Gasteiger partial charge in [0.25, 0.3) is 5.91 Å². The third-order valence-electron chi connectivity index (χ3n) is 5.43. The van der Waals surface area contributed by atoms with Gasteiger partial charge in [-0.15, -0.1) is 0 Å². The van der Waals surface area contributed by atoms with E-state index >= 15 is 0 Å². The summed E-state index contributed by atoms with van der Waals surface area (Å²) >= 11 is 12.4. The smallest absolute Gasteiger partial charge is 0.255 e. The summed E-state index contributed by atoms with van der Waals surface area (Å²) in [6, 6.07) is 8.89. The minimum atomic E-state index is -0.204. The summed E-state index contributed by atoms with van der Waals surface area (Å²) in [6.07, 6.45) is 5.21. The van der Waals surface area contributed by atoms with Crippen molar-refractivity contribution in [3.63, 3.8) is 0 Å². The number of hydrogen-bond acceptors (Lipinski definition) is 3. The highest BCUT2D eigenvalue weighted by Gasteiger charge is 2.40. The van der Waals surface area contributed by atoms with Crippen molar-refractivity contribution in [2.45, 2.75) is 18.4 Å². The average Bonchev–Trinajstić information content (AvgIpc) is 3.13. The second-order valence-corrected chi connectivity index (χ2v) is 8.11. The molecule has 4 rings (SSSR count). The topological polar surface area (TPSA) is 52.6 Å². The Morgan fingerprint density at radius 3 is 2.74 bits per heavy atom. The molecule has 1 aliphatic carbocycles. The minimum Gasteiger partial charge on any atom is -0.506 e. The number of carbonyl (C=O) groups is 1. The standard InChI is InChI=1S/C21H20Cl2N2O2/c1-25(2)21(27)15-8-4-7-13-12-5-3-6-14(12)19(24-18(13)15)16-9-11(22)10-17(23)20(16)26/h3-5,7-10,12,14,19,24,26H,6H2,1-2H3. The quantitative estimate of drug-likeness (QED) is 0.676. The van der Waals surface area contributed by atoms with Gasteiger partial charge in [0.05, 0.1) is 22.3 Å². The van der Waals surface area contributed by atoms with Crippen LogP contribution in [0.25, 0.3) is 0 Å². The Hall–Kier alpha value is -2.17. The zero-order chi connectivity index (χ0) is 19.3. The molecule has 0 aromatic heterocycles. The number of nitrogens with zero attached hydrogens (tertiary/aromatic N) is 1. The van der Waals surface area contributed by atoms with Crippen LogP contribution in [0.1, 0.15) is 39.9 Å². The fourth-order valence-corrected chi connectivity index (χ4v) is 4.68. The second-order valence-electron chi connectivity index (χ2n) is 7.27. The number of nitrogens with one attached hydrogen (secondary N) is 1. The number of para-hydroxylation sites is 1. The Kier molecular flexibility index (Phi) is 4.57. The first kappa shape index (κ1) is 18.2. The van der Waals surface area contributed by atoms with Crippen LogP contribution in [0.5, 0.6) is 5.75 Å². The van der Waals surface area contributed by atoms with Crippen LogP contribution >= 0.6 is 23.2 Å². The third kappa shape index (κ3) is 2.97. The molecule has 3 atom stereocenters. The maximum absolute atomic E-state index is 12.7. The van der Waals surface area contributed by atoms with Gasteiger partial charge in [0.15, 0.2) is 0 Å². The molecule has 140 valence electrons. The van der Waals surface area contributed by atoms with Gasteiger partial charge >= 0.3 is 0 Å². The summed E-state index contributed by atoms with van der Waals surface area (Å²) in [6.45, 7) is 0. The number of phenols is 1. The first-order valence-electron chi connectivity index (χ1n) is 8.84. The van der Waals surface area contributed by atoms with E-state index in [1.54, 1.807) is 25.1 Å². The van der Waals surface area contributed by atoms with Gasteiger partial charge in [-0.3, -0.25) is 4.79 Å². The van der Waals surface area contributed by atoms with Gasteiger partial charge in [-0.05, 0) is 36.1 Å². The molecule has 0 fully saturated rings. The molecule has 6 heteroatoms. The number of allylic oxidation sites excluding steroid dienone is 2. The summed E-state index contributed by atoms with van der Waals surface area (Å²) in [7, 11) is 3.48. The molecule has 2 N–H and O–H groups in total. The van der Waals surface area contributed by atoms with E-state index in [9.17, 15) is 9.90 Å². The lowest BCUT2D eigenvalue weighted by Gasteiger charge is -2.38. The van der Waals surface area contributed by atoms with Crippen molar-refractivity contribution in [3.8, 4) is 5.75 Å². The molecule has 1 aliphatic heterocycles. The highest BCUT2D eigenvalue weighted by Crippen LogP contribution is 2.52. The number of halogens is 2. The fraction of sp³-hybridized carbons (Fsp3) is 0.286. The molecular formula is C21H20Cl2N2O2. The largest absolute Gasteiger partial charge is 0.506 e. The van der Waals surface area contributed by atoms with Crippen molar-refractivity contribution in [1.29, 1.82) is 0 Å². The van der Waals surface area contributed by atoms with Gasteiger partial charge < -0.3 is 15.3 Å². The summed E-state index contributed by atoms with van der Waals surface area (Å²) in [4.78, 5) is 14.3. The summed E-state index contributed by atoms with van der Waals surface area (Å²) < 4.78 is 0. The Balaban J connectivity index is 1.87. The Bertz CT molecular complexity index is 955. The summed E-state index contributed by atoms with van der Waals surface area (Å²) in [5, 5.41) is 14.8. The van der Waals surface area contributed by atoms with Crippen LogP contribution in [-0.4, -0.2) is 30.0 Å². The SMILES string of the molecule is CN(C)C(=O)c1cccc2c1NC(c1cc(Cl)cc(Cl)c1O)C1CC=CC21. The van der Waals surface area contributed by atoms with Gasteiger partial charge in [0.2, 0.25) is 0 Å². The van der Waals surface area contributed by atoms with Crippen LogP contribution in [0.15, 0.2) is 42.5 Å². The predicted molar refractivity (Wildman–Crippen MR) is 109 cm³/mol. The average molecular weight is 403 g/mol. The van der Waals surface area contributed by atoms with Crippen LogP contribution in [0, 0.1) is 5.92 Å². The van der Waals surface area contributed by atoms with Gasteiger partial charge in [-0.2, -0.15) is 0 Å². The van der Waals surface area contributed by atoms with Crippen molar-refractivity contribution in [1.82, 2.24) is 4.90 Å². The number of phenolic OH excluding ortho intramolecular Hbond substituents is 1. The normalized spacial score (nSPS) is 22.7. The molecule has 0 saturated carbocycles. The molecule has 2 aliphatic rings. The summed E-state index contributed by atoms with van der Waals surface area (Å²) in [5.41, 5.74) is 3.19. The fourth-order valence-electron chi connectivity index (χ4n) is 4.17. The van der Waals surface area contributed by atoms with E-state index < -0.39 is 0 Å². The van der Waals surface area contributed by atoms with Gasteiger partial charge in [-0.25, -0.2) is 0 Å². The number of benzene rings is 2. The van der Waals surface area contributed by atoms with E-state index in [1.807, 2.05) is 12.1 Å². The van der Waals surface area contributed by atoms with E-state index in [-0.39, 0.29) is 34.6 Å². The van der Waals surface area contributed by atoms with Gasteiger partial charge in [-0.1, -0.05) is 47.5 Å². The number of rotatable bonds is 2. The number of anilines is 1. The van der Waals surface area contributed by atoms with E-state index in [4.69, 9.17) is 23.2 Å². The van der Waals surface area contributed by atoms with Crippen molar-refractivity contribution >= 4 is 34.8 Å². The van der Waals surface area contributed by atoms with Crippen LogP contribution in [0.4, 0.5) is 5.69 Å². The van der Waals surface area contributed by atoms with Crippen LogP contribution < -0.4 is 5.32 Å². The number of amides is 1. The molecule has 0 radical (unpaired) electrons. The van der Waals surface area contributed by atoms with Gasteiger partial charge in [0.1, 0.15) is 5.75 Å². The highest BCUT2D eigenvalue weighted by atomic mass is 35.5. The first-order chi connectivity index (χ1) is 12.9. The van der Waals surface area contributed by atoms with Crippen molar-refractivity contribution in [3.05, 3.63) is 69.2 Å². The number of hydrogen-bond donors (Lipinski definition) is 2. The number of aromatic hydroxyl groups is 1. The van der Waals surface area contributed by atoms with E-state index in [2.05, 4.69) is 23.5 Å². The van der Waals surface area contributed by atoms with Crippen LogP contribution in [0.2, 0.25) is 10.0 Å². The molecule has 0 saturated heterocycles. The lowest BCUT2D eigenvalue weighted by atomic mass is 9.76. The van der Waals surface area contributed by atoms with Crippen LogP contribution in [0.3, 0.4) is 0 Å². The van der Waals surface area contributed by atoms with Gasteiger partial charge in [0, 0.05) is 30.6 Å². The van der Waals surface area contributed by atoms with Crippen molar-refractivity contribution in [2.24, 2.45) is 5.92 Å². The van der Waals surface area contributed by atoms with Crippen molar-refractivity contribution < 1.29 is 9.90 Å². The number of carbonyl (C=O) groups excluding carboxylic acids is 1. The Labute approximate surface area is 168 Å². The zero-order valence-electron chi connectivity index (χ0n) is 15.0. The molecule has 2 aromatic rings. The number of fused-ring (bicyclic) bond motifs is 3. The first-order valence-corrected chi connectivity index (χ1v) is 9.59.